The molecule has 7 nitrogen and oxygen atoms in total. The highest BCUT2D eigenvalue weighted by Gasteiger charge is 2.21. The summed E-state index contributed by atoms with van der Waals surface area (Å²) in [4.78, 5) is 14.5. The Kier molecular flexibility index (Phi) is 4.59. The summed E-state index contributed by atoms with van der Waals surface area (Å²) in [5.41, 5.74) is -0.229. The van der Waals surface area contributed by atoms with Crippen LogP contribution in [0.15, 0.2) is 35.1 Å². The zero-order chi connectivity index (χ0) is 15.4. The van der Waals surface area contributed by atoms with E-state index in [0.717, 1.165) is 0 Å². The summed E-state index contributed by atoms with van der Waals surface area (Å²) in [6.45, 7) is 0. The second-order valence-corrected chi connectivity index (χ2v) is 4.79. The van der Waals surface area contributed by atoms with Crippen LogP contribution in [0.5, 0.6) is 23.0 Å². The highest BCUT2D eigenvalue weighted by molar-refractivity contribution is 9.10. The lowest BCUT2D eigenvalue weighted by atomic mass is 10.2. The van der Waals surface area contributed by atoms with Crippen molar-refractivity contribution in [3.8, 4) is 23.0 Å². The van der Waals surface area contributed by atoms with Gasteiger partial charge in [-0.05, 0) is 22.0 Å². The molecule has 2 aromatic rings. The van der Waals surface area contributed by atoms with E-state index >= 15 is 0 Å². The van der Waals surface area contributed by atoms with Gasteiger partial charge in [0.25, 0.3) is 0 Å². The van der Waals surface area contributed by atoms with Crippen LogP contribution >= 0.6 is 15.9 Å². The predicted octanol–water partition coefficient (Wildman–Crippen LogP) is 3.56. The van der Waals surface area contributed by atoms with Crippen molar-refractivity contribution < 1.29 is 19.1 Å². The van der Waals surface area contributed by atoms with E-state index in [1.807, 2.05) is 0 Å². The lowest BCUT2D eigenvalue weighted by Gasteiger charge is -2.11. The molecule has 1 heterocycles. The van der Waals surface area contributed by atoms with Gasteiger partial charge in [0.2, 0.25) is 5.75 Å². The first kappa shape index (κ1) is 15.0. The van der Waals surface area contributed by atoms with Crippen LogP contribution in [0.3, 0.4) is 0 Å². The number of pyridine rings is 1. The fourth-order valence-corrected chi connectivity index (χ4v) is 1.99. The molecule has 0 atom stereocenters. The van der Waals surface area contributed by atoms with Crippen molar-refractivity contribution in [2.45, 2.75) is 0 Å². The average Bonchev–Trinajstić information content (AvgIpc) is 2.46. The second kappa shape index (κ2) is 6.40. The third-order valence-electron chi connectivity index (χ3n) is 2.57. The number of nitro benzene ring substituents is 1. The van der Waals surface area contributed by atoms with Gasteiger partial charge >= 0.3 is 5.69 Å². The summed E-state index contributed by atoms with van der Waals surface area (Å²) in [6, 6.07) is 4.30. The molecule has 2 rings (SSSR count). The highest BCUT2D eigenvalue weighted by Crippen LogP contribution is 2.41. The summed E-state index contributed by atoms with van der Waals surface area (Å²) in [7, 11) is 2.84. The van der Waals surface area contributed by atoms with Gasteiger partial charge in [-0.3, -0.25) is 15.1 Å². The topological polar surface area (TPSA) is 83.7 Å². The van der Waals surface area contributed by atoms with Crippen molar-refractivity contribution >= 4 is 21.6 Å². The second-order valence-electron chi connectivity index (χ2n) is 3.87. The van der Waals surface area contributed by atoms with E-state index in [1.165, 1.54) is 32.5 Å². The molecule has 0 spiro atoms. The fraction of sp³-hybridized carbons (Fsp3) is 0.154. The van der Waals surface area contributed by atoms with Crippen LogP contribution in [0.2, 0.25) is 0 Å². The molecule has 0 bridgehead atoms. The van der Waals surface area contributed by atoms with Crippen molar-refractivity contribution in [1.29, 1.82) is 0 Å². The van der Waals surface area contributed by atoms with E-state index in [0.29, 0.717) is 16.0 Å². The first-order valence-corrected chi connectivity index (χ1v) is 6.53. The van der Waals surface area contributed by atoms with Crippen molar-refractivity contribution in [2.75, 3.05) is 14.2 Å². The van der Waals surface area contributed by atoms with E-state index in [1.54, 1.807) is 12.3 Å². The molecule has 0 unspecified atom stereocenters. The first-order chi connectivity index (χ1) is 10.0. The van der Waals surface area contributed by atoms with Crippen LogP contribution in [0.4, 0.5) is 5.69 Å². The normalized spacial score (nSPS) is 10.0. The molecule has 0 amide bonds. The van der Waals surface area contributed by atoms with Gasteiger partial charge in [0.1, 0.15) is 5.75 Å². The molecular formula is C13H11BrN2O5. The summed E-state index contributed by atoms with van der Waals surface area (Å²) < 4.78 is 16.4. The molecule has 0 aliphatic rings. The third kappa shape index (κ3) is 3.40. The molecule has 8 heteroatoms. The number of aromatic nitrogens is 1. The van der Waals surface area contributed by atoms with Crippen molar-refractivity contribution in [2.24, 2.45) is 0 Å². The smallest absolute Gasteiger partial charge is 0.315 e. The van der Waals surface area contributed by atoms with Gasteiger partial charge < -0.3 is 14.2 Å². The molecule has 1 aromatic carbocycles. The van der Waals surface area contributed by atoms with Crippen molar-refractivity contribution in [3.63, 3.8) is 0 Å². The van der Waals surface area contributed by atoms with E-state index in [4.69, 9.17) is 14.2 Å². The molecule has 0 aliphatic carbocycles. The number of nitro groups is 1. The molecular weight excluding hydrogens is 344 g/mol. The lowest BCUT2D eigenvalue weighted by molar-refractivity contribution is -0.385. The number of methoxy groups -OCH3 is 2. The Labute approximate surface area is 128 Å². The maximum Gasteiger partial charge on any atom is 0.315 e. The van der Waals surface area contributed by atoms with Gasteiger partial charge in [-0.1, -0.05) is 0 Å². The minimum absolute atomic E-state index is 0.0394. The van der Waals surface area contributed by atoms with E-state index < -0.39 is 4.92 Å². The number of ether oxygens (including phenoxy) is 3. The Morgan fingerprint density at radius 1 is 1.10 bits per heavy atom. The largest absolute Gasteiger partial charge is 0.493 e. The summed E-state index contributed by atoms with van der Waals surface area (Å²) in [6.07, 6.45) is 3.03. The SMILES string of the molecule is COc1cc(Oc2cncc(Br)c2)c([N+](=O)[O-])cc1OC. The summed E-state index contributed by atoms with van der Waals surface area (Å²) in [5.74, 6) is 0.988. The van der Waals surface area contributed by atoms with Gasteiger partial charge in [0, 0.05) is 16.7 Å². The van der Waals surface area contributed by atoms with Crippen LogP contribution < -0.4 is 14.2 Å². The Hall–Kier alpha value is -2.35. The number of nitrogens with zero attached hydrogens (tertiary/aromatic N) is 2. The molecule has 0 fully saturated rings. The minimum Gasteiger partial charge on any atom is -0.493 e. The van der Waals surface area contributed by atoms with E-state index in [-0.39, 0.29) is 17.2 Å². The van der Waals surface area contributed by atoms with E-state index in [2.05, 4.69) is 20.9 Å². The summed E-state index contributed by atoms with van der Waals surface area (Å²) in [5, 5.41) is 11.2. The monoisotopic (exact) mass is 354 g/mol. The van der Waals surface area contributed by atoms with Crippen LogP contribution in [0.1, 0.15) is 0 Å². The molecule has 0 radical (unpaired) electrons. The molecule has 0 saturated carbocycles. The number of hydrogen-bond acceptors (Lipinski definition) is 6. The molecule has 0 N–H and O–H groups in total. The zero-order valence-corrected chi connectivity index (χ0v) is 12.8. The highest BCUT2D eigenvalue weighted by atomic mass is 79.9. The maximum absolute atomic E-state index is 11.2. The van der Waals surface area contributed by atoms with Crippen LogP contribution in [0, 0.1) is 10.1 Å². The van der Waals surface area contributed by atoms with Gasteiger partial charge in [-0.2, -0.15) is 0 Å². The van der Waals surface area contributed by atoms with Crippen LogP contribution in [-0.4, -0.2) is 24.1 Å². The third-order valence-corrected chi connectivity index (χ3v) is 3.00. The molecule has 21 heavy (non-hydrogen) atoms. The Bertz CT molecular complexity index is 678. The lowest BCUT2D eigenvalue weighted by Crippen LogP contribution is -1.97. The average molecular weight is 355 g/mol. The van der Waals surface area contributed by atoms with Gasteiger partial charge in [0.05, 0.1) is 31.4 Å². The Morgan fingerprint density at radius 3 is 2.33 bits per heavy atom. The number of hydrogen-bond donors (Lipinski definition) is 0. The van der Waals surface area contributed by atoms with Crippen LogP contribution in [-0.2, 0) is 0 Å². The molecule has 1 aromatic heterocycles. The van der Waals surface area contributed by atoms with Crippen molar-refractivity contribution in [3.05, 3.63) is 45.2 Å². The Morgan fingerprint density at radius 2 is 1.76 bits per heavy atom. The maximum atomic E-state index is 11.2. The molecule has 0 aliphatic heterocycles. The van der Waals surface area contributed by atoms with Gasteiger partial charge in [-0.15, -0.1) is 0 Å². The number of rotatable bonds is 5. The summed E-state index contributed by atoms with van der Waals surface area (Å²) >= 11 is 3.25. The minimum atomic E-state index is -0.553. The van der Waals surface area contributed by atoms with Crippen molar-refractivity contribution in [1.82, 2.24) is 4.98 Å². The quantitative estimate of drug-likeness (QED) is 0.602. The van der Waals surface area contributed by atoms with Gasteiger partial charge in [0.15, 0.2) is 11.5 Å². The standard InChI is InChI=1S/C13H11BrN2O5/c1-19-12-4-10(16(17)18)11(5-13(12)20-2)21-9-3-8(14)6-15-7-9/h3-7H,1-2H3. The molecule has 110 valence electrons. The Balaban J connectivity index is 2.48. The first-order valence-electron chi connectivity index (χ1n) is 5.74. The van der Waals surface area contributed by atoms with E-state index in [9.17, 15) is 10.1 Å². The number of benzene rings is 1. The number of halogens is 1. The van der Waals surface area contributed by atoms with Gasteiger partial charge in [-0.25, -0.2) is 0 Å². The fourth-order valence-electron chi connectivity index (χ4n) is 1.65. The zero-order valence-electron chi connectivity index (χ0n) is 11.2. The van der Waals surface area contributed by atoms with Crippen LogP contribution in [0.25, 0.3) is 0 Å². The predicted molar refractivity (Wildman–Crippen MR) is 78.2 cm³/mol. The molecule has 0 saturated heterocycles.